The monoisotopic (exact) mass is 486 g/mol. The van der Waals surface area contributed by atoms with Crippen molar-refractivity contribution in [2.75, 3.05) is 64.8 Å². The van der Waals surface area contributed by atoms with Crippen LogP contribution in [0, 0.1) is 0 Å². The van der Waals surface area contributed by atoms with Crippen molar-refractivity contribution >= 4 is 29.2 Å². The lowest BCUT2D eigenvalue weighted by molar-refractivity contribution is -0.0283. The first kappa shape index (κ1) is 24.3. The highest BCUT2D eigenvalue weighted by atomic mass is 35.5. The number of nitrogens with zero attached hydrogens (tertiary/aromatic N) is 3. The SMILES string of the molecule is COc1cccc(C(=O)N2CCCN(C[C@@H]3CN(C(=O)Nc4cccc(Cl)c4)CCO3)CC2)c1. The number of hydrogen-bond acceptors (Lipinski definition) is 5. The molecule has 2 aromatic carbocycles. The number of nitrogens with one attached hydrogen (secondary N) is 1. The van der Waals surface area contributed by atoms with Gasteiger partial charge in [0, 0.05) is 55.5 Å². The Morgan fingerprint density at radius 1 is 1.06 bits per heavy atom. The van der Waals surface area contributed by atoms with Crippen molar-refractivity contribution in [1.82, 2.24) is 14.7 Å². The fourth-order valence-electron chi connectivity index (χ4n) is 4.37. The topological polar surface area (TPSA) is 74.4 Å². The fraction of sp³-hybridized carbons (Fsp3) is 0.440. The van der Waals surface area contributed by atoms with Crippen LogP contribution in [-0.2, 0) is 4.74 Å². The molecule has 0 bridgehead atoms. The summed E-state index contributed by atoms with van der Waals surface area (Å²) in [6, 6.07) is 14.3. The van der Waals surface area contributed by atoms with Crippen molar-refractivity contribution in [3.63, 3.8) is 0 Å². The summed E-state index contributed by atoms with van der Waals surface area (Å²) in [4.78, 5) is 31.7. The second kappa shape index (κ2) is 11.6. The standard InChI is InChI=1S/C25H31ClN4O4/c1-33-22-8-2-5-19(15-22)24(31)29-10-4-9-28(11-12-29)17-23-18-30(13-14-34-23)25(32)27-21-7-3-6-20(26)16-21/h2-3,5-8,15-16,23H,4,9-14,17-18H2,1H3,(H,27,32)/t23-/m1/s1. The zero-order valence-electron chi connectivity index (χ0n) is 19.4. The van der Waals surface area contributed by atoms with Gasteiger partial charge in [-0.25, -0.2) is 4.79 Å². The van der Waals surface area contributed by atoms with Crippen LogP contribution < -0.4 is 10.1 Å². The third-order valence-electron chi connectivity index (χ3n) is 6.16. The molecule has 0 aliphatic carbocycles. The van der Waals surface area contributed by atoms with E-state index in [4.69, 9.17) is 21.1 Å². The summed E-state index contributed by atoms with van der Waals surface area (Å²) in [6.45, 7) is 5.32. The van der Waals surface area contributed by atoms with Crippen molar-refractivity contribution in [3.05, 3.63) is 59.1 Å². The van der Waals surface area contributed by atoms with Crippen LogP contribution >= 0.6 is 11.6 Å². The Hall–Kier alpha value is -2.81. The Balaban J connectivity index is 1.28. The highest BCUT2D eigenvalue weighted by molar-refractivity contribution is 6.30. The molecular weight excluding hydrogens is 456 g/mol. The number of morpholine rings is 1. The minimum Gasteiger partial charge on any atom is -0.497 e. The minimum absolute atomic E-state index is 0.0264. The van der Waals surface area contributed by atoms with Crippen LogP contribution in [0.5, 0.6) is 5.75 Å². The first-order valence-corrected chi connectivity index (χ1v) is 12.0. The molecule has 2 aromatic rings. The molecule has 9 heteroatoms. The number of benzene rings is 2. The van der Waals surface area contributed by atoms with E-state index >= 15 is 0 Å². The van der Waals surface area contributed by atoms with E-state index in [1.54, 1.807) is 30.2 Å². The molecule has 2 aliphatic heterocycles. The summed E-state index contributed by atoms with van der Waals surface area (Å²) in [5.41, 5.74) is 1.32. The first-order chi connectivity index (χ1) is 16.5. The number of carbonyl (C=O) groups excluding carboxylic acids is 2. The van der Waals surface area contributed by atoms with Crippen LogP contribution in [0.15, 0.2) is 48.5 Å². The zero-order valence-corrected chi connectivity index (χ0v) is 20.2. The molecule has 0 radical (unpaired) electrons. The average Bonchev–Trinajstić information content (AvgIpc) is 3.09. The van der Waals surface area contributed by atoms with Crippen molar-refractivity contribution in [3.8, 4) is 5.75 Å². The van der Waals surface area contributed by atoms with E-state index in [-0.39, 0.29) is 18.0 Å². The second-order valence-corrected chi connectivity index (χ2v) is 8.99. The van der Waals surface area contributed by atoms with Crippen molar-refractivity contribution < 1.29 is 19.1 Å². The molecular formula is C25H31ClN4O4. The fourth-order valence-corrected chi connectivity index (χ4v) is 4.56. The molecule has 1 atom stereocenters. The average molecular weight is 487 g/mol. The van der Waals surface area contributed by atoms with Gasteiger partial charge in [0.2, 0.25) is 0 Å². The van der Waals surface area contributed by atoms with Gasteiger partial charge in [-0.2, -0.15) is 0 Å². The van der Waals surface area contributed by atoms with Gasteiger partial charge < -0.3 is 24.6 Å². The molecule has 8 nitrogen and oxygen atoms in total. The van der Waals surface area contributed by atoms with E-state index < -0.39 is 0 Å². The Kier molecular flexibility index (Phi) is 8.26. The van der Waals surface area contributed by atoms with E-state index in [1.807, 2.05) is 35.2 Å². The van der Waals surface area contributed by atoms with E-state index in [9.17, 15) is 9.59 Å². The third kappa shape index (κ3) is 6.40. The number of hydrogen-bond donors (Lipinski definition) is 1. The Bertz CT molecular complexity index is 1000. The largest absolute Gasteiger partial charge is 0.497 e. The van der Waals surface area contributed by atoms with E-state index in [1.165, 1.54) is 0 Å². The molecule has 0 spiro atoms. The van der Waals surface area contributed by atoms with E-state index in [0.29, 0.717) is 54.8 Å². The summed E-state index contributed by atoms with van der Waals surface area (Å²) in [5, 5.41) is 3.49. The van der Waals surface area contributed by atoms with Gasteiger partial charge in [0.15, 0.2) is 0 Å². The van der Waals surface area contributed by atoms with Gasteiger partial charge in [-0.05, 0) is 49.4 Å². The second-order valence-electron chi connectivity index (χ2n) is 8.56. The number of halogens is 1. The quantitative estimate of drug-likeness (QED) is 0.701. The molecule has 2 heterocycles. The third-order valence-corrected chi connectivity index (χ3v) is 6.39. The molecule has 3 amide bonds. The van der Waals surface area contributed by atoms with Crippen LogP contribution in [-0.4, -0.2) is 92.3 Å². The molecule has 182 valence electrons. The molecule has 1 N–H and O–H groups in total. The number of anilines is 1. The maximum absolute atomic E-state index is 13.0. The van der Waals surface area contributed by atoms with Crippen molar-refractivity contribution in [2.45, 2.75) is 12.5 Å². The van der Waals surface area contributed by atoms with E-state index in [0.717, 1.165) is 26.1 Å². The summed E-state index contributed by atoms with van der Waals surface area (Å²) in [7, 11) is 1.60. The highest BCUT2D eigenvalue weighted by Gasteiger charge is 2.27. The van der Waals surface area contributed by atoms with Crippen LogP contribution in [0.1, 0.15) is 16.8 Å². The molecule has 0 unspecified atom stereocenters. The molecule has 34 heavy (non-hydrogen) atoms. The Morgan fingerprint density at radius 3 is 2.74 bits per heavy atom. The Morgan fingerprint density at radius 2 is 1.91 bits per heavy atom. The molecule has 2 saturated heterocycles. The lowest BCUT2D eigenvalue weighted by Crippen LogP contribution is -2.51. The normalized spacial score (nSPS) is 19.4. The van der Waals surface area contributed by atoms with Gasteiger partial charge >= 0.3 is 6.03 Å². The van der Waals surface area contributed by atoms with Crippen LogP contribution in [0.2, 0.25) is 5.02 Å². The van der Waals surface area contributed by atoms with Crippen molar-refractivity contribution in [2.24, 2.45) is 0 Å². The molecule has 0 saturated carbocycles. The number of rotatable bonds is 5. The maximum Gasteiger partial charge on any atom is 0.322 e. The van der Waals surface area contributed by atoms with Gasteiger partial charge in [-0.3, -0.25) is 9.69 Å². The predicted octanol–water partition coefficient (Wildman–Crippen LogP) is 3.43. The highest BCUT2D eigenvalue weighted by Crippen LogP contribution is 2.18. The minimum atomic E-state index is -0.151. The van der Waals surface area contributed by atoms with Gasteiger partial charge in [0.1, 0.15) is 5.75 Å². The van der Waals surface area contributed by atoms with Crippen molar-refractivity contribution in [1.29, 1.82) is 0 Å². The van der Waals surface area contributed by atoms with Crippen LogP contribution in [0.25, 0.3) is 0 Å². The maximum atomic E-state index is 13.0. The number of amides is 3. The van der Waals surface area contributed by atoms with Gasteiger partial charge in [0.25, 0.3) is 5.91 Å². The lowest BCUT2D eigenvalue weighted by atomic mass is 10.2. The van der Waals surface area contributed by atoms with Gasteiger partial charge in [-0.1, -0.05) is 23.7 Å². The molecule has 2 aliphatic rings. The molecule has 2 fully saturated rings. The predicted molar refractivity (Wildman–Crippen MR) is 132 cm³/mol. The smallest absolute Gasteiger partial charge is 0.322 e. The molecule has 4 rings (SSSR count). The Labute approximate surface area is 205 Å². The lowest BCUT2D eigenvalue weighted by Gasteiger charge is -2.35. The summed E-state index contributed by atoms with van der Waals surface area (Å²) >= 11 is 6.02. The number of ether oxygens (including phenoxy) is 2. The molecule has 0 aromatic heterocycles. The van der Waals surface area contributed by atoms with Crippen LogP contribution in [0.4, 0.5) is 10.5 Å². The zero-order chi connectivity index (χ0) is 23.9. The number of urea groups is 1. The summed E-state index contributed by atoms with van der Waals surface area (Å²) < 4.78 is 11.2. The summed E-state index contributed by atoms with van der Waals surface area (Å²) in [5.74, 6) is 0.708. The first-order valence-electron chi connectivity index (χ1n) is 11.6. The van der Waals surface area contributed by atoms with Gasteiger partial charge in [0.05, 0.1) is 19.8 Å². The summed E-state index contributed by atoms with van der Waals surface area (Å²) in [6.07, 6.45) is 0.820. The van der Waals surface area contributed by atoms with Gasteiger partial charge in [-0.15, -0.1) is 0 Å². The van der Waals surface area contributed by atoms with E-state index in [2.05, 4.69) is 10.2 Å². The number of methoxy groups -OCH3 is 1. The number of carbonyl (C=O) groups is 2. The van der Waals surface area contributed by atoms with Crippen LogP contribution in [0.3, 0.4) is 0 Å².